The Bertz CT molecular complexity index is 1020. The predicted octanol–water partition coefficient (Wildman–Crippen LogP) is 3.06. The van der Waals surface area contributed by atoms with Crippen molar-refractivity contribution in [1.29, 1.82) is 0 Å². The molecule has 0 radical (unpaired) electrons. The van der Waals surface area contributed by atoms with Crippen LogP contribution in [-0.4, -0.2) is 51.0 Å². The summed E-state index contributed by atoms with van der Waals surface area (Å²) in [6.45, 7) is 0.690. The number of hydrogen-bond acceptors (Lipinski definition) is 6. The Morgan fingerprint density at radius 3 is 2.72 bits per heavy atom. The highest BCUT2D eigenvalue weighted by Crippen LogP contribution is 2.32. The molecule has 1 aliphatic heterocycles. The van der Waals surface area contributed by atoms with Crippen molar-refractivity contribution in [2.45, 2.75) is 6.10 Å². The quantitative estimate of drug-likeness (QED) is 0.640. The van der Waals surface area contributed by atoms with E-state index in [1.165, 1.54) is 0 Å². The lowest BCUT2D eigenvalue weighted by atomic mass is 10.2. The molecule has 0 spiro atoms. The molecule has 0 bridgehead atoms. The third kappa shape index (κ3) is 3.95. The Hall–Kier alpha value is -3.32. The van der Waals surface area contributed by atoms with E-state index in [9.17, 15) is 4.79 Å². The first-order valence-corrected chi connectivity index (χ1v) is 9.30. The maximum atomic E-state index is 12.4. The van der Waals surface area contributed by atoms with Crippen molar-refractivity contribution in [1.82, 2.24) is 4.98 Å². The minimum atomic E-state index is -0.264. The summed E-state index contributed by atoms with van der Waals surface area (Å²) in [7, 11) is 3.14. The molecule has 2 heterocycles. The van der Waals surface area contributed by atoms with Gasteiger partial charge in [-0.05, 0) is 24.3 Å². The highest BCUT2D eigenvalue weighted by atomic mass is 16.5. The van der Waals surface area contributed by atoms with Gasteiger partial charge in [0, 0.05) is 23.3 Å². The second kappa shape index (κ2) is 8.36. The molecule has 0 N–H and O–H groups in total. The summed E-state index contributed by atoms with van der Waals surface area (Å²) in [5.74, 6) is 1.76. The Kier molecular flexibility index (Phi) is 5.48. The number of nitrogens with zero attached hydrogens (tertiary/aromatic N) is 2. The number of benzene rings is 2. The number of hydrogen-bond donors (Lipinski definition) is 0. The van der Waals surface area contributed by atoms with E-state index in [-0.39, 0.29) is 18.6 Å². The summed E-state index contributed by atoms with van der Waals surface area (Å²) in [6.07, 6.45) is 1.48. The van der Waals surface area contributed by atoms with Crippen LogP contribution in [0.5, 0.6) is 17.2 Å². The molecular weight excluding hydrogens is 372 g/mol. The number of rotatable bonds is 6. The second-order valence-corrected chi connectivity index (χ2v) is 6.62. The van der Waals surface area contributed by atoms with E-state index in [1.54, 1.807) is 37.4 Å². The lowest BCUT2D eigenvalue weighted by Crippen LogP contribution is -2.48. The van der Waals surface area contributed by atoms with Crippen LogP contribution in [0.4, 0.5) is 5.69 Å². The van der Waals surface area contributed by atoms with Crippen LogP contribution in [0.1, 0.15) is 0 Å². The molecule has 29 heavy (non-hydrogen) atoms. The van der Waals surface area contributed by atoms with E-state index in [4.69, 9.17) is 18.9 Å². The number of carbonyl (C=O) groups excluding carboxylic acids is 1. The zero-order chi connectivity index (χ0) is 20.2. The second-order valence-electron chi connectivity index (χ2n) is 6.62. The van der Waals surface area contributed by atoms with Crippen molar-refractivity contribution in [3.05, 3.63) is 54.7 Å². The van der Waals surface area contributed by atoms with Crippen molar-refractivity contribution < 1.29 is 23.7 Å². The summed E-state index contributed by atoms with van der Waals surface area (Å²) in [5.41, 5.74) is 1.53. The number of para-hydroxylation sites is 1. The van der Waals surface area contributed by atoms with Crippen LogP contribution >= 0.6 is 0 Å². The SMILES string of the molecule is COc1ccc(N2CC(COc3cccc4cccnc34)OCC2=O)cc1OC. The molecular formula is C22H22N2O5. The highest BCUT2D eigenvalue weighted by Gasteiger charge is 2.28. The summed E-state index contributed by atoms with van der Waals surface area (Å²) >= 11 is 0. The maximum absolute atomic E-state index is 12.4. The van der Waals surface area contributed by atoms with Gasteiger partial charge in [0.05, 0.1) is 20.8 Å². The number of methoxy groups -OCH3 is 2. The molecule has 1 unspecified atom stereocenters. The van der Waals surface area contributed by atoms with Gasteiger partial charge in [0.25, 0.3) is 5.91 Å². The van der Waals surface area contributed by atoms with E-state index in [0.29, 0.717) is 30.4 Å². The molecule has 4 rings (SSSR count). The molecule has 0 saturated carbocycles. The van der Waals surface area contributed by atoms with Crippen molar-refractivity contribution in [3.8, 4) is 17.2 Å². The summed E-state index contributed by atoms with van der Waals surface area (Å²) in [4.78, 5) is 18.5. The molecule has 7 nitrogen and oxygen atoms in total. The standard InChI is InChI=1S/C22H22N2O5/c1-26-18-9-8-16(11-20(18)27-2)24-12-17(28-14-21(24)25)13-29-19-7-3-5-15-6-4-10-23-22(15)19/h3-11,17H,12-14H2,1-2H3. The first kappa shape index (κ1) is 19.0. The van der Waals surface area contributed by atoms with Crippen LogP contribution in [0, 0.1) is 0 Å². The minimum absolute atomic E-state index is 0.00381. The average Bonchev–Trinajstić information content (AvgIpc) is 2.78. The number of pyridine rings is 1. The molecule has 1 atom stereocenters. The molecule has 1 saturated heterocycles. The lowest BCUT2D eigenvalue weighted by molar-refractivity contribution is -0.130. The number of carbonyl (C=O) groups is 1. The van der Waals surface area contributed by atoms with Gasteiger partial charge in [-0.2, -0.15) is 0 Å². The first-order valence-electron chi connectivity index (χ1n) is 9.30. The molecule has 1 aromatic heterocycles. The Balaban J connectivity index is 1.48. The minimum Gasteiger partial charge on any atom is -0.493 e. The number of amides is 1. The van der Waals surface area contributed by atoms with Gasteiger partial charge in [-0.1, -0.05) is 18.2 Å². The number of morpholine rings is 1. The Labute approximate surface area is 168 Å². The van der Waals surface area contributed by atoms with Gasteiger partial charge in [0.2, 0.25) is 0 Å². The van der Waals surface area contributed by atoms with Gasteiger partial charge in [-0.25, -0.2) is 0 Å². The topological polar surface area (TPSA) is 70.1 Å². The number of ether oxygens (including phenoxy) is 4. The number of fused-ring (bicyclic) bond motifs is 1. The van der Waals surface area contributed by atoms with E-state index in [1.807, 2.05) is 36.4 Å². The molecule has 0 aliphatic carbocycles. The van der Waals surface area contributed by atoms with Crippen molar-refractivity contribution >= 4 is 22.5 Å². The average molecular weight is 394 g/mol. The molecule has 1 fully saturated rings. The van der Waals surface area contributed by atoms with Crippen LogP contribution in [0.15, 0.2) is 54.7 Å². The fourth-order valence-corrected chi connectivity index (χ4v) is 3.34. The molecule has 1 amide bonds. The summed E-state index contributed by atoms with van der Waals surface area (Å²) < 4.78 is 22.3. The van der Waals surface area contributed by atoms with Crippen molar-refractivity contribution in [2.24, 2.45) is 0 Å². The van der Waals surface area contributed by atoms with Crippen molar-refractivity contribution in [3.63, 3.8) is 0 Å². The fourth-order valence-electron chi connectivity index (χ4n) is 3.34. The predicted molar refractivity (Wildman–Crippen MR) is 109 cm³/mol. The summed E-state index contributed by atoms with van der Waals surface area (Å²) in [6, 6.07) is 15.1. The molecule has 150 valence electrons. The first-order chi connectivity index (χ1) is 14.2. The van der Waals surface area contributed by atoms with E-state index in [2.05, 4.69) is 4.98 Å². The largest absolute Gasteiger partial charge is 0.493 e. The van der Waals surface area contributed by atoms with Crippen LogP contribution in [0.25, 0.3) is 10.9 Å². The van der Waals surface area contributed by atoms with Crippen molar-refractivity contribution in [2.75, 3.05) is 38.9 Å². The van der Waals surface area contributed by atoms with Gasteiger partial charge in [0.1, 0.15) is 30.6 Å². The monoisotopic (exact) mass is 394 g/mol. The zero-order valence-electron chi connectivity index (χ0n) is 16.3. The molecule has 3 aromatic rings. The molecule has 2 aromatic carbocycles. The summed E-state index contributed by atoms with van der Waals surface area (Å²) in [5, 5.41) is 1.01. The number of anilines is 1. The lowest BCUT2D eigenvalue weighted by Gasteiger charge is -2.33. The van der Waals surface area contributed by atoms with Gasteiger partial charge in [-0.3, -0.25) is 9.78 Å². The molecule has 7 heteroatoms. The van der Waals surface area contributed by atoms with Gasteiger partial charge < -0.3 is 23.8 Å². The van der Waals surface area contributed by atoms with Gasteiger partial charge >= 0.3 is 0 Å². The van der Waals surface area contributed by atoms with Crippen LogP contribution in [0.2, 0.25) is 0 Å². The van der Waals surface area contributed by atoms with Crippen LogP contribution < -0.4 is 19.1 Å². The van der Waals surface area contributed by atoms with E-state index in [0.717, 1.165) is 16.6 Å². The highest BCUT2D eigenvalue weighted by molar-refractivity contribution is 5.95. The van der Waals surface area contributed by atoms with Crippen LogP contribution in [0.3, 0.4) is 0 Å². The maximum Gasteiger partial charge on any atom is 0.253 e. The smallest absolute Gasteiger partial charge is 0.253 e. The Morgan fingerprint density at radius 2 is 1.90 bits per heavy atom. The van der Waals surface area contributed by atoms with E-state index < -0.39 is 0 Å². The normalized spacial score (nSPS) is 16.7. The number of aromatic nitrogens is 1. The van der Waals surface area contributed by atoms with E-state index >= 15 is 0 Å². The third-order valence-corrected chi connectivity index (χ3v) is 4.83. The zero-order valence-corrected chi connectivity index (χ0v) is 16.3. The van der Waals surface area contributed by atoms with Crippen LogP contribution in [-0.2, 0) is 9.53 Å². The fraction of sp³-hybridized carbons (Fsp3) is 0.273. The third-order valence-electron chi connectivity index (χ3n) is 4.83. The molecule has 1 aliphatic rings. The van der Waals surface area contributed by atoms with Gasteiger partial charge in [-0.15, -0.1) is 0 Å². The Morgan fingerprint density at radius 1 is 1.07 bits per heavy atom. The van der Waals surface area contributed by atoms with Gasteiger partial charge in [0.15, 0.2) is 11.5 Å².